The van der Waals surface area contributed by atoms with Crippen LogP contribution in [-0.2, 0) is 9.53 Å². The Morgan fingerprint density at radius 3 is 2.80 bits per heavy atom. The second kappa shape index (κ2) is 11.3. The number of carbonyl (C=O) groups excluding carboxylic acids is 1. The first-order chi connectivity index (χ1) is 17.0. The molecule has 3 N–H and O–H groups in total. The number of hydrogen-bond donors (Lipinski definition) is 2. The van der Waals surface area contributed by atoms with Crippen molar-refractivity contribution in [3.8, 4) is 6.07 Å². The third kappa shape index (κ3) is 5.96. The first kappa shape index (κ1) is 24.6. The highest BCUT2D eigenvalue weighted by atomic mass is 16.5. The second-order valence-corrected chi connectivity index (χ2v) is 9.09. The molecule has 11 heteroatoms. The predicted molar refractivity (Wildman–Crippen MR) is 131 cm³/mol. The Hall–Kier alpha value is -3.49. The van der Waals surface area contributed by atoms with Crippen LogP contribution in [0.3, 0.4) is 0 Å². The third-order valence-corrected chi connectivity index (χ3v) is 6.68. The van der Waals surface area contributed by atoms with E-state index in [4.69, 9.17) is 15.7 Å². The van der Waals surface area contributed by atoms with Crippen LogP contribution >= 0.6 is 0 Å². The summed E-state index contributed by atoms with van der Waals surface area (Å²) in [5.41, 5.74) is 8.06. The van der Waals surface area contributed by atoms with E-state index < -0.39 is 0 Å². The van der Waals surface area contributed by atoms with Crippen LogP contribution in [0.1, 0.15) is 30.4 Å². The molecular formula is C24H32N8O3. The zero-order valence-corrected chi connectivity index (χ0v) is 20.0. The Bertz CT molecular complexity index is 1100. The molecule has 35 heavy (non-hydrogen) atoms. The summed E-state index contributed by atoms with van der Waals surface area (Å²) in [5.74, 6) is 0.842. The highest BCUT2D eigenvalue weighted by Gasteiger charge is 2.28. The predicted octanol–water partition coefficient (Wildman–Crippen LogP) is 0.397. The smallest absolute Gasteiger partial charge is 0.269 e. The number of carbonyl (C=O) groups is 1. The highest BCUT2D eigenvalue weighted by molar-refractivity contribution is 5.77. The number of aromatic amines is 1. The molecule has 4 heterocycles. The summed E-state index contributed by atoms with van der Waals surface area (Å²) in [6.07, 6.45) is 5.49. The highest BCUT2D eigenvalue weighted by Crippen LogP contribution is 2.26. The van der Waals surface area contributed by atoms with Gasteiger partial charge in [-0.3, -0.25) is 9.59 Å². The molecule has 0 unspecified atom stereocenters. The first-order valence-electron chi connectivity index (χ1n) is 12.0. The Balaban J connectivity index is 1.19. The van der Waals surface area contributed by atoms with Gasteiger partial charge in [0.1, 0.15) is 11.9 Å². The molecule has 1 amide bonds. The molecule has 0 aromatic carbocycles. The molecule has 2 aromatic heterocycles. The van der Waals surface area contributed by atoms with Crippen molar-refractivity contribution in [3.63, 3.8) is 0 Å². The summed E-state index contributed by atoms with van der Waals surface area (Å²) >= 11 is 0. The van der Waals surface area contributed by atoms with Crippen LogP contribution in [0.15, 0.2) is 29.3 Å². The number of piperazine rings is 1. The number of nitrogens with two attached hydrogens (primary N) is 1. The van der Waals surface area contributed by atoms with Crippen LogP contribution in [0, 0.1) is 18.3 Å². The molecule has 0 spiro atoms. The van der Waals surface area contributed by atoms with E-state index in [0.717, 1.165) is 30.9 Å². The fourth-order valence-corrected chi connectivity index (χ4v) is 4.66. The number of nitriles is 1. The molecule has 11 nitrogen and oxygen atoms in total. The molecule has 0 aliphatic carbocycles. The van der Waals surface area contributed by atoms with E-state index in [1.165, 1.54) is 0 Å². The van der Waals surface area contributed by atoms with Gasteiger partial charge in [-0.15, -0.1) is 0 Å². The summed E-state index contributed by atoms with van der Waals surface area (Å²) in [6, 6.07) is 5.44. The Morgan fingerprint density at radius 1 is 1.29 bits per heavy atom. The largest absolute Gasteiger partial charge is 0.378 e. The maximum atomic E-state index is 12.7. The number of nitrogens with zero attached hydrogens (tertiary/aromatic N) is 6. The lowest BCUT2D eigenvalue weighted by Crippen LogP contribution is -2.50. The van der Waals surface area contributed by atoms with Crippen LogP contribution in [0.4, 0.5) is 11.5 Å². The van der Waals surface area contributed by atoms with Crippen molar-refractivity contribution < 1.29 is 9.53 Å². The number of ether oxygens (including phenoxy) is 1. The number of rotatable bonds is 8. The molecule has 2 fully saturated rings. The molecule has 4 rings (SSSR count). The van der Waals surface area contributed by atoms with Crippen LogP contribution in [0.2, 0.25) is 0 Å². The number of nitrogens with one attached hydrogen (secondary N) is 1. The average Bonchev–Trinajstić information content (AvgIpc) is 3.34. The van der Waals surface area contributed by atoms with Gasteiger partial charge in [0.25, 0.3) is 5.56 Å². The van der Waals surface area contributed by atoms with Gasteiger partial charge in [0.15, 0.2) is 0 Å². The van der Waals surface area contributed by atoms with Gasteiger partial charge in [0.2, 0.25) is 5.91 Å². The number of anilines is 2. The first-order valence-corrected chi connectivity index (χ1v) is 12.0. The van der Waals surface area contributed by atoms with Gasteiger partial charge in [-0.1, -0.05) is 0 Å². The van der Waals surface area contributed by atoms with E-state index in [2.05, 4.69) is 31.1 Å². The standard InChI is InChI=1S/C24H32N8O3/c1-17-21(14-28-29-24(17)34)32-6-2-3-20(32)16-35-15-19(26)11-23(33)31-9-7-30(8-10-31)22-5-4-18(12-25)13-27-22/h4-5,13-14,19-20H,2-3,6-11,15-16,26H2,1H3,(H,29,34)/t19-,20+/m1/s1. The summed E-state index contributed by atoms with van der Waals surface area (Å²) in [4.78, 5) is 35.1. The van der Waals surface area contributed by atoms with E-state index in [1.807, 2.05) is 11.0 Å². The molecule has 0 saturated carbocycles. The minimum Gasteiger partial charge on any atom is -0.378 e. The summed E-state index contributed by atoms with van der Waals surface area (Å²) in [5, 5.41) is 15.3. The van der Waals surface area contributed by atoms with Crippen LogP contribution < -0.4 is 21.1 Å². The van der Waals surface area contributed by atoms with Gasteiger partial charge in [-0.2, -0.15) is 10.4 Å². The third-order valence-electron chi connectivity index (χ3n) is 6.68. The Morgan fingerprint density at radius 2 is 2.09 bits per heavy atom. The van der Waals surface area contributed by atoms with Crippen molar-refractivity contribution in [2.45, 2.75) is 38.3 Å². The van der Waals surface area contributed by atoms with Gasteiger partial charge in [0.05, 0.1) is 36.7 Å². The number of hydrogen-bond acceptors (Lipinski definition) is 9. The van der Waals surface area contributed by atoms with Gasteiger partial charge >= 0.3 is 0 Å². The van der Waals surface area contributed by atoms with Crippen molar-refractivity contribution in [1.29, 1.82) is 5.26 Å². The lowest BCUT2D eigenvalue weighted by molar-refractivity contribution is -0.132. The van der Waals surface area contributed by atoms with Crippen molar-refractivity contribution >= 4 is 17.4 Å². The SMILES string of the molecule is Cc1c(N2CCC[C@H]2COC[C@H](N)CC(=O)N2CCN(c3ccc(C#N)cn3)CC2)cn[nH]c1=O. The number of H-pyrrole nitrogens is 1. The number of aromatic nitrogens is 3. The molecule has 2 aliphatic heterocycles. The molecule has 2 aliphatic rings. The molecule has 0 bridgehead atoms. The maximum absolute atomic E-state index is 12.7. The fraction of sp³-hybridized carbons (Fsp3) is 0.542. The minimum atomic E-state index is -0.376. The van der Waals surface area contributed by atoms with E-state index >= 15 is 0 Å². The molecule has 186 valence electrons. The lowest BCUT2D eigenvalue weighted by Gasteiger charge is -2.35. The van der Waals surface area contributed by atoms with Crippen molar-refractivity contribution in [3.05, 3.63) is 46.0 Å². The topological polar surface area (TPSA) is 144 Å². The summed E-state index contributed by atoms with van der Waals surface area (Å²) < 4.78 is 5.90. The molecule has 2 aromatic rings. The molecular weight excluding hydrogens is 448 g/mol. The molecule has 2 saturated heterocycles. The Labute approximate surface area is 204 Å². The van der Waals surface area contributed by atoms with Crippen LogP contribution in [0.25, 0.3) is 0 Å². The van der Waals surface area contributed by atoms with Gasteiger partial charge in [0, 0.05) is 56.9 Å². The van der Waals surface area contributed by atoms with Gasteiger partial charge in [-0.25, -0.2) is 10.1 Å². The Kier molecular flexibility index (Phi) is 7.94. The van der Waals surface area contributed by atoms with Crippen molar-refractivity contribution in [1.82, 2.24) is 20.1 Å². The summed E-state index contributed by atoms with van der Waals surface area (Å²) in [6.45, 7) is 6.03. The van der Waals surface area contributed by atoms with Crippen molar-refractivity contribution in [2.75, 3.05) is 55.7 Å². The minimum absolute atomic E-state index is 0.0289. The zero-order chi connectivity index (χ0) is 24.8. The summed E-state index contributed by atoms with van der Waals surface area (Å²) in [7, 11) is 0. The fourth-order valence-electron chi connectivity index (χ4n) is 4.66. The van der Waals surface area contributed by atoms with Gasteiger partial charge in [-0.05, 0) is 31.9 Å². The van der Waals surface area contributed by atoms with E-state index in [1.54, 1.807) is 25.4 Å². The zero-order valence-electron chi connectivity index (χ0n) is 20.0. The monoisotopic (exact) mass is 480 g/mol. The van der Waals surface area contributed by atoms with E-state index in [-0.39, 0.29) is 30.0 Å². The average molecular weight is 481 g/mol. The second-order valence-electron chi connectivity index (χ2n) is 9.09. The molecule has 0 radical (unpaired) electrons. The quantitative estimate of drug-likeness (QED) is 0.548. The van der Waals surface area contributed by atoms with Crippen LogP contribution in [-0.4, -0.2) is 84.0 Å². The lowest BCUT2D eigenvalue weighted by atomic mass is 10.2. The van der Waals surface area contributed by atoms with Crippen molar-refractivity contribution in [2.24, 2.45) is 5.73 Å². The maximum Gasteiger partial charge on any atom is 0.269 e. The molecule has 2 atom stereocenters. The normalized spacial score (nSPS) is 19.0. The van der Waals surface area contributed by atoms with E-state index in [9.17, 15) is 9.59 Å². The number of pyridine rings is 1. The van der Waals surface area contributed by atoms with Gasteiger partial charge < -0.3 is 25.2 Å². The number of amides is 1. The van der Waals surface area contributed by atoms with Crippen LogP contribution in [0.5, 0.6) is 0 Å². The van der Waals surface area contributed by atoms with E-state index in [0.29, 0.717) is 50.5 Å².